The quantitative estimate of drug-likeness (QED) is 0.922. The minimum Gasteiger partial charge on any atom is -0.435 e. The fourth-order valence-corrected chi connectivity index (χ4v) is 2.33. The highest BCUT2D eigenvalue weighted by Crippen LogP contribution is 2.25. The number of benzene rings is 1. The molecule has 4 nitrogen and oxygen atoms in total. The first-order valence-electron chi connectivity index (χ1n) is 6.35. The van der Waals surface area contributed by atoms with Gasteiger partial charge < -0.3 is 10.1 Å². The molecule has 1 N–H and O–H groups in total. The van der Waals surface area contributed by atoms with E-state index >= 15 is 0 Å². The molecule has 1 aromatic rings. The summed E-state index contributed by atoms with van der Waals surface area (Å²) in [6.07, 6.45) is 2.50. The second-order valence-electron chi connectivity index (χ2n) is 4.65. The SMILES string of the molecule is N#CC1CCCC1NC(=O)c1ccc(OC(F)F)cc1. The van der Waals surface area contributed by atoms with Gasteiger partial charge in [-0.25, -0.2) is 0 Å². The predicted molar refractivity (Wildman–Crippen MR) is 67.3 cm³/mol. The maximum absolute atomic E-state index is 12.0. The summed E-state index contributed by atoms with van der Waals surface area (Å²) in [6, 6.07) is 7.52. The normalized spacial score (nSPS) is 21.5. The van der Waals surface area contributed by atoms with Crippen LogP contribution in [0.15, 0.2) is 24.3 Å². The molecule has 20 heavy (non-hydrogen) atoms. The predicted octanol–water partition coefficient (Wildman–Crippen LogP) is 2.71. The molecule has 1 saturated carbocycles. The monoisotopic (exact) mass is 280 g/mol. The van der Waals surface area contributed by atoms with Crippen molar-refractivity contribution in [3.8, 4) is 11.8 Å². The van der Waals surface area contributed by atoms with Crippen LogP contribution in [0.2, 0.25) is 0 Å². The smallest absolute Gasteiger partial charge is 0.387 e. The molecular weight excluding hydrogens is 266 g/mol. The second kappa shape index (κ2) is 6.33. The molecule has 0 spiro atoms. The van der Waals surface area contributed by atoms with Crippen LogP contribution in [0.1, 0.15) is 29.6 Å². The Balaban J connectivity index is 1.97. The van der Waals surface area contributed by atoms with Gasteiger partial charge in [-0.2, -0.15) is 14.0 Å². The van der Waals surface area contributed by atoms with E-state index in [9.17, 15) is 13.6 Å². The number of nitrogens with zero attached hydrogens (tertiary/aromatic N) is 1. The van der Waals surface area contributed by atoms with Crippen molar-refractivity contribution in [3.63, 3.8) is 0 Å². The van der Waals surface area contributed by atoms with Crippen molar-refractivity contribution in [3.05, 3.63) is 29.8 Å². The lowest BCUT2D eigenvalue weighted by Crippen LogP contribution is -2.36. The van der Waals surface area contributed by atoms with Crippen LogP contribution in [-0.4, -0.2) is 18.6 Å². The molecule has 2 atom stereocenters. The van der Waals surface area contributed by atoms with Crippen LogP contribution in [0.4, 0.5) is 8.78 Å². The summed E-state index contributed by atoms with van der Waals surface area (Å²) in [5.74, 6) is -0.451. The molecule has 1 aliphatic rings. The fourth-order valence-electron chi connectivity index (χ4n) is 2.33. The van der Waals surface area contributed by atoms with Gasteiger partial charge in [0.15, 0.2) is 0 Å². The zero-order chi connectivity index (χ0) is 14.5. The van der Waals surface area contributed by atoms with Crippen molar-refractivity contribution in [2.45, 2.75) is 31.9 Å². The van der Waals surface area contributed by atoms with E-state index in [1.807, 2.05) is 0 Å². The first-order chi connectivity index (χ1) is 9.60. The Morgan fingerprint density at radius 2 is 2.05 bits per heavy atom. The highest BCUT2D eigenvalue weighted by atomic mass is 19.3. The van der Waals surface area contributed by atoms with Gasteiger partial charge in [-0.1, -0.05) is 0 Å². The van der Waals surface area contributed by atoms with Crippen LogP contribution in [0.25, 0.3) is 0 Å². The van der Waals surface area contributed by atoms with Crippen LogP contribution in [0, 0.1) is 17.2 Å². The summed E-state index contributed by atoms with van der Waals surface area (Å²) in [5.41, 5.74) is 0.357. The molecule has 106 valence electrons. The Labute approximate surface area is 115 Å². The molecule has 0 aliphatic heterocycles. The number of carbonyl (C=O) groups excluding carboxylic acids is 1. The van der Waals surface area contributed by atoms with Gasteiger partial charge in [0, 0.05) is 11.6 Å². The molecule has 0 heterocycles. The summed E-state index contributed by atoms with van der Waals surface area (Å²) in [6.45, 7) is -2.88. The van der Waals surface area contributed by atoms with Crippen molar-refractivity contribution in [2.75, 3.05) is 0 Å². The summed E-state index contributed by atoms with van der Waals surface area (Å²) in [5, 5.41) is 11.8. The topological polar surface area (TPSA) is 62.1 Å². The maximum Gasteiger partial charge on any atom is 0.387 e. The van der Waals surface area contributed by atoms with E-state index in [-0.39, 0.29) is 23.6 Å². The standard InChI is InChI=1S/C14H14F2N2O2/c15-14(16)20-11-6-4-9(5-7-11)13(19)18-12-3-1-2-10(12)8-17/h4-7,10,12,14H,1-3H2,(H,18,19). The van der Waals surface area contributed by atoms with E-state index in [2.05, 4.69) is 16.1 Å². The third-order valence-electron chi connectivity index (χ3n) is 3.34. The molecule has 1 aromatic carbocycles. The van der Waals surface area contributed by atoms with Crippen molar-refractivity contribution < 1.29 is 18.3 Å². The number of carbonyl (C=O) groups is 1. The molecule has 0 radical (unpaired) electrons. The van der Waals surface area contributed by atoms with Crippen LogP contribution in [0.3, 0.4) is 0 Å². The van der Waals surface area contributed by atoms with Gasteiger partial charge in [0.2, 0.25) is 0 Å². The summed E-state index contributed by atoms with van der Waals surface area (Å²) in [7, 11) is 0. The molecule has 6 heteroatoms. The highest BCUT2D eigenvalue weighted by Gasteiger charge is 2.28. The Bertz CT molecular complexity index is 511. The number of halogens is 2. The van der Waals surface area contributed by atoms with Gasteiger partial charge in [0.25, 0.3) is 5.91 Å². The molecule has 0 bridgehead atoms. The van der Waals surface area contributed by atoms with Gasteiger partial charge in [-0.05, 0) is 43.5 Å². The van der Waals surface area contributed by atoms with E-state index in [4.69, 9.17) is 5.26 Å². The molecule has 0 saturated heterocycles. The van der Waals surface area contributed by atoms with Crippen LogP contribution < -0.4 is 10.1 Å². The number of nitrogens with one attached hydrogen (secondary N) is 1. The highest BCUT2D eigenvalue weighted by molar-refractivity contribution is 5.94. The van der Waals surface area contributed by atoms with Crippen molar-refractivity contribution in [2.24, 2.45) is 5.92 Å². The summed E-state index contributed by atoms with van der Waals surface area (Å²) >= 11 is 0. The number of hydrogen-bond donors (Lipinski definition) is 1. The number of rotatable bonds is 4. The number of amides is 1. The Morgan fingerprint density at radius 3 is 2.65 bits per heavy atom. The molecule has 2 unspecified atom stereocenters. The summed E-state index contributed by atoms with van der Waals surface area (Å²) in [4.78, 5) is 12.0. The average molecular weight is 280 g/mol. The van der Waals surface area contributed by atoms with E-state index < -0.39 is 6.61 Å². The lowest BCUT2D eigenvalue weighted by atomic mass is 10.1. The van der Waals surface area contributed by atoms with E-state index in [0.29, 0.717) is 5.56 Å². The minimum atomic E-state index is -2.88. The summed E-state index contributed by atoms with van der Waals surface area (Å²) < 4.78 is 28.2. The largest absolute Gasteiger partial charge is 0.435 e. The minimum absolute atomic E-state index is 0.00678. The van der Waals surface area contributed by atoms with Crippen LogP contribution in [-0.2, 0) is 0 Å². The van der Waals surface area contributed by atoms with Gasteiger partial charge >= 0.3 is 6.61 Å². The Kier molecular flexibility index (Phi) is 4.51. The van der Waals surface area contributed by atoms with Crippen LogP contribution >= 0.6 is 0 Å². The molecule has 2 rings (SSSR count). The van der Waals surface area contributed by atoms with Crippen LogP contribution in [0.5, 0.6) is 5.75 Å². The first-order valence-corrected chi connectivity index (χ1v) is 6.35. The third-order valence-corrected chi connectivity index (χ3v) is 3.34. The number of ether oxygens (including phenoxy) is 1. The maximum atomic E-state index is 12.0. The first kappa shape index (κ1) is 14.3. The lowest BCUT2D eigenvalue weighted by molar-refractivity contribution is -0.0498. The molecule has 1 fully saturated rings. The third kappa shape index (κ3) is 3.44. The fraction of sp³-hybridized carbons (Fsp3) is 0.429. The zero-order valence-electron chi connectivity index (χ0n) is 10.7. The van der Waals surface area contributed by atoms with E-state index in [1.54, 1.807) is 0 Å². The number of nitriles is 1. The molecular formula is C14H14F2N2O2. The molecule has 0 aromatic heterocycles. The molecule has 1 aliphatic carbocycles. The van der Waals surface area contributed by atoms with Gasteiger partial charge in [0.05, 0.1) is 12.0 Å². The average Bonchev–Trinajstić information content (AvgIpc) is 2.86. The van der Waals surface area contributed by atoms with E-state index in [1.165, 1.54) is 24.3 Å². The molecule has 1 amide bonds. The van der Waals surface area contributed by atoms with Gasteiger partial charge in [-0.15, -0.1) is 0 Å². The van der Waals surface area contributed by atoms with Crippen molar-refractivity contribution in [1.29, 1.82) is 5.26 Å². The van der Waals surface area contributed by atoms with Crippen molar-refractivity contribution in [1.82, 2.24) is 5.32 Å². The second-order valence-corrected chi connectivity index (χ2v) is 4.65. The Morgan fingerprint density at radius 1 is 1.35 bits per heavy atom. The Hall–Kier alpha value is -2.16. The van der Waals surface area contributed by atoms with Gasteiger partial charge in [0.1, 0.15) is 5.75 Å². The zero-order valence-corrected chi connectivity index (χ0v) is 10.7. The van der Waals surface area contributed by atoms with Gasteiger partial charge in [-0.3, -0.25) is 4.79 Å². The lowest BCUT2D eigenvalue weighted by Gasteiger charge is -2.15. The van der Waals surface area contributed by atoms with Crippen molar-refractivity contribution >= 4 is 5.91 Å². The number of alkyl halides is 2. The van der Waals surface area contributed by atoms with E-state index in [0.717, 1.165) is 19.3 Å². The number of hydrogen-bond acceptors (Lipinski definition) is 3.